The van der Waals surface area contributed by atoms with Gasteiger partial charge in [-0.1, -0.05) is 37.0 Å². The zero-order chi connectivity index (χ0) is 24.0. The molecule has 0 bridgehead atoms. The van der Waals surface area contributed by atoms with E-state index in [0.717, 1.165) is 0 Å². The molecule has 12 heteroatoms. The van der Waals surface area contributed by atoms with Crippen LogP contribution in [0.5, 0.6) is 0 Å². The van der Waals surface area contributed by atoms with E-state index in [1.807, 2.05) is 0 Å². The number of carboxylic acid groups (broad SMARTS) is 1. The number of carbonyl (C=O) groups is 5. The normalized spacial score (nSPS) is 17.5. The summed E-state index contributed by atoms with van der Waals surface area (Å²) in [6, 6.07) is -3.06. The van der Waals surface area contributed by atoms with Gasteiger partial charge in [0.1, 0.15) is 18.4 Å². The molecule has 0 saturated carbocycles. The predicted octanol–water partition coefficient (Wildman–Crippen LogP) is 1.29. The first-order valence-corrected chi connectivity index (χ1v) is 10.7. The van der Waals surface area contributed by atoms with Gasteiger partial charge in [-0.15, -0.1) is 0 Å². The molecular formula is C20H24Cl2N4O6. The van der Waals surface area contributed by atoms with Crippen molar-refractivity contribution < 1.29 is 29.1 Å². The third kappa shape index (κ3) is 6.17. The smallest absolute Gasteiger partial charge is 0.305 e. The number of carbonyl (C=O) groups excluding carboxylic acids is 4. The molecule has 1 fully saturated rings. The number of hydrogen-bond acceptors (Lipinski definition) is 6. The predicted molar refractivity (Wildman–Crippen MR) is 115 cm³/mol. The zero-order valence-corrected chi connectivity index (χ0v) is 19.0. The molecule has 2 rings (SSSR count). The molecule has 10 nitrogen and oxygen atoms in total. The Morgan fingerprint density at radius 1 is 1.22 bits per heavy atom. The van der Waals surface area contributed by atoms with Crippen LogP contribution in [0, 0.1) is 5.92 Å². The Balaban J connectivity index is 2.17. The largest absolute Gasteiger partial charge is 0.481 e. The maximum absolute atomic E-state index is 13.3. The fourth-order valence-corrected chi connectivity index (χ4v) is 3.97. The van der Waals surface area contributed by atoms with Gasteiger partial charge in [-0.05, 0) is 18.8 Å². The Bertz CT molecular complexity index is 890. The number of halogens is 2. The average Bonchev–Trinajstić information content (AvgIpc) is 3.20. The Morgan fingerprint density at radius 2 is 1.84 bits per heavy atom. The van der Waals surface area contributed by atoms with Crippen molar-refractivity contribution in [3.05, 3.63) is 28.0 Å². The van der Waals surface area contributed by atoms with Gasteiger partial charge in [0.2, 0.25) is 11.8 Å². The van der Waals surface area contributed by atoms with Crippen LogP contribution in [-0.2, 0) is 19.2 Å². The summed E-state index contributed by atoms with van der Waals surface area (Å²) in [6.45, 7) is 3.75. The van der Waals surface area contributed by atoms with Crippen molar-refractivity contribution in [1.82, 2.24) is 20.5 Å². The van der Waals surface area contributed by atoms with E-state index in [1.54, 1.807) is 13.8 Å². The molecule has 1 saturated heterocycles. The Kier molecular flexibility index (Phi) is 8.97. The fraction of sp³-hybridized carbons (Fsp3) is 0.500. The van der Waals surface area contributed by atoms with Crippen LogP contribution in [0.15, 0.2) is 12.4 Å². The molecular weight excluding hydrogens is 463 g/mol. The van der Waals surface area contributed by atoms with Gasteiger partial charge in [0, 0.05) is 18.9 Å². The van der Waals surface area contributed by atoms with E-state index in [2.05, 4.69) is 15.6 Å². The molecule has 3 N–H and O–H groups in total. The number of nitrogens with one attached hydrogen (secondary N) is 2. The van der Waals surface area contributed by atoms with E-state index in [-0.39, 0.29) is 28.1 Å². The van der Waals surface area contributed by atoms with E-state index in [1.165, 1.54) is 17.3 Å². The average molecular weight is 487 g/mol. The number of likely N-dealkylation sites (tertiary alicyclic amines) is 1. The van der Waals surface area contributed by atoms with Crippen LogP contribution in [0.25, 0.3) is 0 Å². The number of rotatable bonds is 9. The summed E-state index contributed by atoms with van der Waals surface area (Å²) in [5, 5.41) is 13.9. The van der Waals surface area contributed by atoms with Gasteiger partial charge >= 0.3 is 5.97 Å². The van der Waals surface area contributed by atoms with Gasteiger partial charge < -0.3 is 25.4 Å². The molecule has 3 amide bonds. The summed E-state index contributed by atoms with van der Waals surface area (Å²) in [6.07, 6.45) is 3.18. The van der Waals surface area contributed by atoms with Gasteiger partial charge in [-0.3, -0.25) is 24.2 Å². The third-order valence-corrected chi connectivity index (χ3v) is 5.60. The first-order valence-electron chi connectivity index (χ1n) is 9.94. The Hall–Kier alpha value is -2.72. The SMILES string of the molecule is CC(C)[C@H](NC(=O)c1c(Cl)cncc1Cl)C(=O)N1CCC[C@H]1C(=O)N[C@H](C=O)CC(=O)O. The van der Waals surface area contributed by atoms with Crippen LogP contribution in [0.4, 0.5) is 0 Å². The summed E-state index contributed by atoms with van der Waals surface area (Å²) in [5.74, 6) is -3.32. The van der Waals surface area contributed by atoms with Gasteiger partial charge in [0.15, 0.2) is 0 Å². The first kappa shape index (κ1) is 25.5. The number of hydrogen-bond donors (Lipinski definition) is 3. The number of aliphatic carboxylic acids is 1. The number of aldehydes is 1. The minimum absolute atomic E-state index is 0.0139. The first-order chi connectivity index (χ1) is 15.1. The second-order valence-electron chi connectivity index (χ2n) is 7.71. The van der Waals surface area contributed by atoms with E-state index < -0.39 is 48.2 Å². The second-order valence-corrected chi connectivity index (χ2v) is 8.53. The van der Waals surface area contributed by atoms with Crippen molar-refractivity contribution in [2.45, 2.75) is 51.2 Å². The quantitative estimate of drug-likeness (QED) is 0.445. The van der Waals surface area contributed by atoms with Gasteiger partial charge in [-0.25, -0.2) is 0 Å². The van der Waals surface area contributed by atoms with Crippen molar-refractivity contribution in [2.75, 3.05) is 6.54 Å². The summed E-state index contributed by atoms with van der Waals surface area (Å²) in [4.78, 5) is 65.7. The Labute approximate surface area is 194 Å². The van der Waals surface area contributed by atoms with E-state index in [0.29, 0.717) is 19.1 Å². The molecule has 1 aromatic rings. The molecule has 0 spiro atoms. The number of amides is 3. The molecule has 1 aliphatic heterocycles. The lowest BCUT2D eigenvalue weighted by molar-refractivity contribution is -0.142. The Morgan fingerprint density at radius 3 is 2.38 bits per heavy atom. The molecule has 2 heterocycles. The van der Waals surface area contributed by atoms with Gasteiger partial charge in [0.05, 0.1) is 28.1 Å². The van der Waals surface area contributed by atoms with Crippen molar-refractivity contribution in [1.29, 1.82) is 0 Å². The summed E-state index contributed by atoms with van der Waals surface area (Å²) < 4.78 is 0. The van der Waals surface area contributed by atoms with Crippen LogP contribution >= 0.6 is 23.2 Å². The summed E-state index contributed by atoms with van der Waals surface area (Å²) in [7, 11) is 0. The highest BCUT2D eigenvalue weighted by Gasteiger charge is 2.39. The van der Waals surface area contributed by atoms with Crippen LogP contribution in [0.2, 0.25) is 10.0 Å². The van der Waals surface area contributed by atoms with Crippen molar-refractivity contribution >= 4 is 53.2 Å². The third-order valence-electron chi connectivity index (χ3n) is 5.02. The lowest BCUT2D eigenvalue weighted by Gasteiger charge is -2.31. The van der Waals surface area contributed by atoms with Crippen LogP contribution in [0.1, 0.15) is 43.5 Å². The maximum atomic E-state index is 13.3. The molecule has 32 heavy (non-hydrogen) atoms. The molecule has 0 unspecified atom stereocenters. The highest BCUT2D eigenvalue weighted by molar-refractivity contribution is 6.39. The summed E-state index contributed by atoms with van der Waals surface area (Å²) >= 11 is 12.1. The molecule has 0 radical (unpaired) electrons. The van der Waals surface area contributed by atoms with Gasteiger partial charge in [-0.2, -0.15) is 0 Å². The highest BCUT2D eigenvalue weighted by Crippen LogP contribution is 2.24. The molecule has 1 aliphatic rings. The number of aromatic nitrogens is 1. The molecule has 174 valence electrons. The number of carboxylic acids is 1. The lowest BCUT2D eigenvalue weighted by atomic mass is 10.0. The second kappa shape index (κ2) is 11.2. The van der Waals surface area contributed by atoms with Crippen LogP contribution in [-0.4, -0.2) is 69.6 Å². The van der Waals surface area contributed by atoms with Crippen LogP contribution in [0.3, 0.4) is 0 Å². The van der Waals surface area contributed by atoms with Crippen LogP contribution < -0.4 is 10.6 Å². The minimum atomic E-state index is -1.24. The van der Waals surface area contributed by atoms with Gasteiger partial charge in [0.25, 0.3) is 5.91 Å². The monoisotopic (exact) mass is 486 g/mol. The number of nitrogens with zero attached hydrogens (tertiary/aromatic N) is 2. The highest BCUT2D eigenvalue weighted by atomic mass is 35.5. The lowest BCUT2D eigenvalue weighted by Crippen LogP contribution is -2.56. The standard InChI is InChI=1S/C20H24Cl2N4O6/c1-10(2)17(25-19(31)16-12(21)7-23-8-13(16)22)20(32)26-5-3-4-14(26)18(30)24-11(9-27)6-15(28)29/h7-11,14,17H,3-6H2,1-2H3,(H,24,30)(H,25,31)(H,28,29)/t11-,14-,17-/m0/s1. The summed E-state index contributed by atoms with van der Waals surface area (Å²) in [5.41, 5.74) is -0.0139. The molecule has 1 aromatic heterocycles. The van der Waals surface area contributed by atoms with E-state index in [9.17, 15) is 24.0 Å². The van der Waals surface area contributed by atoms with E-state index >= 15 is 0 Å². The van der Waals surface area contributed by atoms with Crippen molar-refractivity contribution in [3.63, 3.8) is 0 Å². The zero-order valence-electron chi connectivity index (χ0n) is 17.5. The van der Waals surface area contributed by atoms with Crippen molar-refractivity contribution in [2.24, 2.45) is 5.92 Å². The van der Waals surface area contributed by atoms with E-state index in [4.69, 9.17) is 28.3 Å². The molecule has 0 aliphatic carbocycles. The fourth-order valence-electron chi connectivity index (χ4n) is 3.44. The molecule has 0 aromatic carbocycles. The maximum Gasteiger partial charge on any atom is 0.305 e. The molecule has 3 atom stereocenters. The topological polar surface area (TPSA) is 146 Å². The minimum Gasteiger partial charge on any atom is -0.481 e. The number of pyridine rings is 1. The van der Waals surface area contributed by atoms with Crippen molar-refractivity contribution in [3.8, 4) is 0 Å².